The van der Waals surface area contributed by atoms with E-state index in [0.29, 0.717) is 22.2 Å². The molecule has 3 aromatic rings. The summed E-state index contributed by atoms with van der Waals surface area (Å²) < 4.78 is 2.44. The predicted molar refractivity (Wildman–Crippen MR) is 128 cm³/mol. The van der Waals surface area contributed by atoms with Gasteiger partial charge in [0.25, 0.3) is 5.56 Å². The van der Waals surface area contributed by atoms with E-state index in [9.17, 15) is 29.9 Å². The van der Waals surface area contributed by atoms with Crippen LogP contribution in [0.2, 0.25) is 0 Å². The van der Waals surface area contributed by atoms with E-state index in [1.165, 1.54) is 37.3 Å². The highest BCUT2D eigenvalue weighted by atomic mass is 16.4. The van der Waals surface area contributed by atoms with E-state index >= 15 is 0 Å². The Morgan fingerprint density at radius 1 is 1.00 bits per heavy atom. The molecule has 0 unspecified atom stereocenters. The van der Waals surface area contributed by atoms with E-state index in [2.05, 4.69) is 11.1 Å². The molecule has 0 aromatic heterocycles. The molecular weight excluding hydrogens is 448 g/mol. The fourth-order valence-corrected chi connectivity index (χ4v) is 4.17. The lowest BCUT2D eigenvalue weighted by molar-refractivity contribution is 0.0696. The number of pyridine rings is 1. The van der Waals surface area contributed by atoms with Gasteiger partial charge < -0.3 is 10.2 Å². The number of carbonyl (C=O) groups is 1. The molecule has 2 aliphatic heterocycles. The van der Waals surface area contributed by atoms with Crippen LogP contribution in [0.25, 0.3) is 33.7 Å². The summed E-state index contributed by atoms with van der Waals surface area (Å²) in [7, 11) is 0. The summed E-state index contributed by atoms with van der Waals surface area (Å²) in [5.74, 6) is -1.08. The number of nitriles is 1. The Balaban J connectivity index is 1.93. The molecule has 0 fully saturated rings. The standard InChI is InChI=1S/C26H16N4O5/c1-14-19(25(33)34)3-2-4-21(14)30-24(32)20-12-16-6-5-15(13-27)11-22(16)29(23(20)28-26(30)35)17-7-9-18(31)10-8-17/h2-12,31H,1H3,(H,33,34). The zero-order chi connectivity index (χ0) is 24.9. The molecule has 0 amide bonds. The first-order valence-electron chi connectivity index (χ1n) is 10.5. The quantitative estimate of drug-likeness (QED) is 0.391. The number of benzene rings is 3. The fraction of sp³-hybridized carbons (Fsp3) is 0.0385. The molecule has 0 saturated heterocycles. The highest BCUT2D eigenvalue weighted by Crippen LogP contribution is 2.29. The zero-order valence-electron chi connectivity index (χ0n) is 18.3. The van der Waals surface area contributed by atoms with Crippen molar-refractivity contribution in [1.82, 2.24) is 14.1 Å². The minimum atomic E-state index is -1.18. The summed E-state index contributed by atoms with van der Waals surface area (Å²) in [4.78, 5) is 42.6. The van der Waals surface area contributed by atoms with Crippen LogP contribution in [0, 0.1) is 18.3 Å². The van der Waals surface area contributed by atoms with Gasteiger partial charge in [-0.05, 0) is 72.5 Å². The number of hydrogen-bond acceptors (Lipinski definition) is 6. The van der Waals surface area contributed by atoms with Crippen molar-refractivity contribution in [2.24, 2.45) is 0 Å². The lowest BCUT2D eigenvalue weighted by atomic mass is 10.1. The van der Waals surface area contributed by atoms with Gasteiger partial charge >= 0.3 is 11.7 Å². The van der Waals surface area contributed by atoms with E-state index in [4.69, 9.17) is 0 Å². The molecule has 35 heavy (non-hydrogen) atoms. The first kappa shape index (κ1) is 21.6. The number of phenolic OH excluding ortho intramolecular Hbond substituents is 1. The summed E-state index contributed by atoms with van der Waals surface area (Å²) in [6.07, 6.45) is 0. The Morgan fingerprint density at radius 3 is 2.43 bits per heavy atom. The molecule has 170 valence electrons. The van der Waals surface area contributed by atoms with Gasteiger partial charge in [0.15, 0.2) is 5.82 Å². The van der Waals surface area contributed by atoms with Gasteiger partial charge in [-0.1, -0.05) is 12.1 Å². The third-order valence-electron chi connectivity index (χ3n) is 5.86. The third kappa shape index (κ3) is 3.41. The maximum Gasteiger partial charge on any atom is 0.357 e. The van der Waals surface area contributed by atoms with E-state index in [1.807, 2.05) is 0 Å². The van der Waals surface area contributed by atoms with Gasteiger partial charge in [-0.3, -0.25) is 9.36 Å². The largest absolute Gasteiger partial charge is 0.508 e. The van der Waals surface area contributed by atoms with Crippen molar-refractivity contribution >= 4 is 16.9 Å². The number of aromatic hydroxyl groups is 1. The molecule has 0 radical (unpaired) electrons. The van der Waals surface area contributed by atoms with Crippen LogP contribution in [-0.2, 0) is 0 Å². The third-order valence-corrected chi connectivity index (χ3v) is 5.86. The second kappa shape index (κ2) is 7.97. The molecule has 9 heteroatoms. The van der Waals surface area contributed by atoms with E-state index in [0.717, 1.165) is 4.57 Å². The number of hydrogen-bond donors (Lipinski definition) is 2. The maximum absolute atomic E-state index is 13.7. The van der Waals surface area contributed by atoms with Gasteiger partial charge in [0.05, 0.1) is 34.0 Å². The first-order chi connectivity index (χ1) is 16.8. The van der Waals surface area contributed by atoms with Crippen LogP contribution in [0.15, 0.2) is 76.3 Å². The average molecular weight is 464 g/mol. The molecule has 0 spiro atoms. The van der Waals surface area contributed by atoms with Crippen molar-refractivity contribution in [1.29, 1.82) is 5.26 Å². The smallest absolute Gasteiger partial charge is 0.357 e. The van der Waals surface area contributed by atoms with Gasteiger partial charge in [0, 0.05) is 5.69 Å². The van der Waals surface area contributed by atoms with Crippen LogP contribution < -0.4 is 11.2 Å². The van der Waals surface area contributed by atoms with Crippen LogP contribution in [0.4, 0.5) is 0 Å². The van der Waals surface area contributed by atoms with Crippen molar-refractivity contribution in [3.63, 3.8) is 0 Å². The van der Waals surface area contributed by atoms with E-state index in [-0.39, 0.29) is 34.0 Å². The Labute approximate surface area is 197 Å². The minimum Gasteiger partial charge on any atom is -0.508 e. The first-order valence-corrected chi connectivity index (χ1v) is 10.5. The normalized spacial score (nSPS) is 11.0. The molecule has 5 rings (SSSR count). The fourth-order valence-electron chi connectivity index (χ4n) is 4.17. The summed E-state index contributed by atoms with van der Waals surface area (Å²) in [5, 5.41) is 29.2. The minimum absolute atomic E-state index is 0.0319. The molecule has 9 nitrogen and oxygen atoms in total. The van der Waals surface area contributed by atoms with Gasteiger partial charge in [-0.25, -0.2) is 14.2 Å². The number of rotatable bonds is 3. The molecule has 3 aromatic carbocycles. The van der Waals surface area contributed by atoms with E-state index in [1.54, 1.807) is 41.0 Å². The summed E-state index contributed by atoms with van der Waals surface area (Å²) >= 11 is 0. The molecule has 0 atom stereocenters. The number of carboxylic acid groups (broad SMARTS) is 1. The number of aromatic nitrogens is 3. The Hall–Kier alpha value is -5.23. The molecule has 2 N–H and O–H groups in total. The topological polar surface area (TPSA) is 138 Å². The van der Waals surface area contributed by atoms with Gasteiger partial charge in [0.2, 0.25) is 0 Å². The highest BCUT2D eigenvalue weighted by molar-refractivity contribution is 5.91. The SMILES string of the molecule is Cc1c(C(=O)O)cccc1-n1c(=O)nc2n(-c3ccc(O)cc3)c3cc(C#N)ccc3cc-2c1=O. The summed E-state index contributed by atoms with van der Waals surface area (Å²) in [5.41, 5.74) is 0.362. The van der Waals surface area contributed by atoms with Crippen molar-refractivity contribution < 1.29 is 15.0 Å². The number of fused-ring (bicyclic) bond motifs is 2. The van der Waals surface area contributed by atoms with E-state index < -0.39 is 17.2 Å². The molecule has 0 saturated carbocycles. The van der Waals surface area contributed by atoms with Crippen LogP contribution in [-0.4, -0.2) is 30.3 Å². The van der Waals surface area contributed by atoms with Crippen LogP contribution in [0.3, 0.4) is 0 Å². The number of aromatic carboxylic acids is 1. The Bertz CT molecular complexity index is 1790. The molecule has 0 aliphatic carbocycles. The second-order valence-corrected chi connectivity index (χ2v) is 7.91. The van der Waals surface area contributed by atoms with Gasteiger partial charge in [0.1, 0.15) is 5.75 Å². The predicted octanol–water partition coefficient (Wildman–Crippen LogP) is 3.23. The second-order valence-electron chi connectivity index (χ2n) is 7.91. The molecule has 2 heterocycles. The van der Waals surface area contributed by atoms with Crippen molar-refractivity contribution in [3.8, 4) is 34.6 Å². The lowest BCUT2D eigenvalue weighted by Crippen LogP contribution is -2.37. The maximum atomic E-state index is 13.7. The highest BCUT2D eigenvalue weighted by Gasteiger charge is 2.23. The molecular formula is C26H16N4O5. The van der Waals surface area contributed by atoms with Crippen LogP contribution >= 0.6 is 0 Å². The van der Waals surface area contributed by atoms with Crippen LogP contribution in [0.1, 0.15) is 21.5 Å². The Kier molecular flexibility index (Phi) is 4.92. The zero-order valence-corrected chi connectivity index (χ0v) is 18.3. The average Bonchev–Trinajstić information content (AvgIpc) is 2.84. The van der Waals surface area contributed by atoms with Crippen molar-refractivity contribution in [2.45, 2.75) is 6.92 Å². The lowest BCUT2D eigenvalue weighted by Gasteiger charge is -2.19. The van der Waals surface area contributed by atoms with Crippen LogP contribution in [0.5, 0.6) is 5.75 Å². The Morgan fingerprint density at radius 2 is 1.74 bits per heavy atom. The number of carboxylic acids is 1. The summed E-state index contributed by atoms with van der Waals surface area (Å²) in [6, 6.07) is 19.1. The van der Waals surface area contributed by atoms with Gasteiger partial charge in [-0.2, -0.15) is 10.2 Å². The monoisotopic (exact) mass is 464 g/mol. The number of phenols is 1. The molecule has 2 aliphatic rings. The van der Waals surface area contributed by atoms with Crippen molar-refractivity contribution in [3.05, 3.63) is 104 Å². The summed E-state index contributed by atoms with van der Waals surface area (Å²) in [6.45, 7) is 1.52. The van der Waals surface area contributed by atoms with Crippen molar-refractivity contribution in [2.75, 3.05) is 0 Å². The number of nitrogens with zero attached hydrogens (tertiary/aromatic N) is 4. The molecule has 0 bridgehead atoms. The van der Waals surface area contributed by atoms with Gasteiger partial charge in [-0.15, -0.1) is 0 Å².